The van der Waals surface area contributed by atoms with Gasteiger partial charge in [-0.25, -0.2) is 0 Å². The molecule has 0 atom stereocenters. The first-order chi connectivity index (χ1) is 6.06. The molecule has 0 fully saturated rings. The minimum atomic E-state index is -0.111. The lowest BCUT2D eigenvalue weighted by atomic mass is 10.1. The number of methoxy groups -OCH3 is 1. The highest BCUT2D eigenvalue weighted by Gasteiger charge is 2.10. The maximum absolute atomic E-state index is 11.1. The van der Waals surface area contributed by atoms with Gasteiger partial charge in [-0.05, 0) is 19.1 Å². The summed E-state index contributed by atoms with van der Waals surface area (Å²) in [6.07, 6.45) is 0. The van der Waals surface area contributed by atoms with Gasteiger partial charge in [0.25, 0.3) is 0 Å². The molecule has 13 heavy (non-hydrogen) atoms. The van der Waals surface area contributed by atoms with Crippen LogP contribution >= 0.6 is 23.2 Å². The molecule has 0 bridgehead atoms. The van der Waals surface area contributed by atoms with Crippen molar-refractivity contribution in [1.82, 2.24) is 0 Å². The number of ether oxygens (including phenoxy) is 1. The monoisotopic (exact) mass is 218 g/mol. The van der Waals surface area contributed by atoms with Gasteiger partial charge in [0, 0.05) is 5.56 Å². The van der Waals surface area contributed by atoms with Crippen LogP contribution in [-0.2, 0) is 0 Å². The van der Waals surface area contributed by atoms with E-state index in [0.29, 0.717) is 21.4 Å². The van der Waals surface area contributed by atoms with Crippen LogP contribution in [0, 0.1) is 0 Å². The number of rotatable bonds is 2. The molecule has 70 valence electrons. The van der Waals surface area contributed by atoms with E-state index in [2.05, 4.69) is 0 Å². The van der Waals surface area contributed by atoms with Crippen molar-refractivity contribution in [1.29, 1.82) is 0 Å². The molecule has 1 rings (SSSR count). The van der Waals surface area contributed by atoms with Crippen molar-refractivity contribution in [3.63, 3.8) is 0 Å². The third-order valence-electron chi connectivity index (χ3n) is 1.62. The molecule has 0 aliphatic heterocycles. The van der Waals surface area contributed by atoms with Crippen molar-refractivity contribution in [2.75, 3.05) is 7.11 Å². The zero-order chi connectivity index (χ0) is 10.0. The van der Waals surface area contributed by atoms with Gasteiger partial charge in [0.2, 0.25) is 0 Å². The SMILES string of the molecule is COc1cc(C(C)=O)c(Cl)cc1Cl. The fourth-order valence-electron chi connectivity index (χ4n) is 0.955. The Hall–Kier alpha value is -0.730. The van der Waals surface area contributed by atoms with E-state index < -0.39 is 0 Å². The molecule has 0 saturated carbocycles. The second kappa shape index (κ2) is 3.99. The highest BCUT2D eigenvalue weighted by Crippen LogP contribution is 2.30. The van der Waals surface area contributed by atoms with Gasteiger partial charge >= 0.3 is 0 Å². The Balaban J connectivity index is 3.30. The molecule has 2 nitrogen and oxygen atoms in total. The van der Waals surface area contributed by atoms with Crippen molar-refractivity contribution in [2.45, 2.75) is 6.92 Å². The number of carbonyl (C=O) groups excluding carboxylic acids is 1. The quantitative estimate of drug-likeness (QED) is 0.714. The molecule has 0 heterocycles. The maximum Gasteiger partial charge on any atom is 0.161 e. The van der Waals surface area contributed by atoms with Crippen molar-refractivity contribution in [3.8, 4) is 5.75 Å². The predicted molar refractivity (Wildman–Crippen MR) is 53.0 cm³/mol. The summed E-state index contributed by atoms with van der Waals surface area (Å²) in [7, 11) is 1.49. The van der Waals surface area contributed by atoms with Crippen LogP contribution in [0.25, 0.3) is 0 Å². The first kappa shape index (κ1) is 10.4. The Kier molecular flexibility index (Phi) is 3.17. The summed E-state index contributed by atoms with van der Waals surface area (Å²) in [5.41, 5.74) is 0.419. The summed E-state index contributed by atoms with van der Waals surface area (Å²) in [5.74, 6) is 0.344. The van der Waals surface area contributed by atoms with E-state index in [1.165, 1.54) is 26.2 Å². The summed E-state index contributed by atoms with van der Waals surface area (Å²) in [6.45, 7) is 1.44. The Morgan fingerprint density at radius 1 is 1.31 bits per heavy atom. The van der Waals surface area contributed by atoms with E-state index in [9.17, 15) is 4.79 Å². The highest BCUT2D eigenvalue weighted by atomic mass is 35.5. The first-order valence-electron chi connectivity index (χ1n) is 3.60. The van der Waals surface area contributed by atoms with Gasteiger partial charge in [-0.1, -0.05) is 23.2 Å². The lowest BCUT2D eigenvalue weighted by Gasteiger charge is -2.06. The summed E-state index contributed by atoms with van der Waals surface area (Å²) in [6, 6.07) is 3.03. The third kappa shape index (κ3) is 2.14. The number of ketones is 1. The zero-order valence-corrected chi connectivity index (χ0v) is 8.74. The maximum atomic E-state index is 11.1. The minimum Gasteiger partial charge on any atom is -0.495 e. The summed E-state index contributed by atoms with van der Waals surface area (Å²) < 4.78 is 4.95. The van der Waals surface area contributed by atoms with E-state index in [0.717, 1.165) is 0 Å². The van der Waals surface area contributed by atoms with Crippen LogP contribution in [0.5, 0.6) is 5.75 Å². The van der Waals surface area contributed by atoms with E-state index >= 15 is 0 Å². The lowest BCUT2D eigenvalue weighted by molar-refractivity contribution is 0.101. The standard InChI is InChI=1S/C9H8Cl2O2/c1-5(12)6-3-9(13-2)8(11)4-7(6)10/h3-4H,1-2H3. The Morgan fingerprint density at radius 2 is 1.92 bits per heavy atom. The van der Waals surface area contributed by atoms with E-state index in [4.69, 9.17) is 27.9 Å². The highest BCUT2D eigenvalue weighted by molar-refractivity contribution is 6.37. The second-order valence-electron chi connectivity index (χ2n) is 2.52. The van der Waals surface area contributed by atoms with Crippen molar-refractivity contribution >= 4 is 29.0 Å². The summed E-state index contributed by atoms with van der Waals surface area (Å²) in [4.78, 5) is 11.1. The Bertz CT molecular complexity index is 348. The number of benzene rings is 1. The molecule has 0 amide bonds. The van der Waals surface area contributed by atoms with E-state index in [1.54, 1.807) is 0 Å². The average Bonchev–Trinajstić information content (AvgIpc) is 2.03. The van der Waals surface area contributed by atoms with Crippen LogP contribution < -0.4 is 4.74 Å². The smallest absolute Gasteiger partial charge is 0.161 e. The zero-order valence-electron chi connectivity index (χ0n) is 7.23. The molecule has 0 unspecified atom stereocenters. The van der Waals surface area contributed by atoms with Crippen molar-refractivity contribution < 1.29 is 9.53 Å². The molecule has 0 saturated heterocycles. The fourth-order valence-corrected chi connectivity index (χ4v) is 1.55. The van der Waals surface area contributed by atoms with Gasteiger partial charge in [-0.15, -0.1) is 0 Å². The van der Waals surface area contributed by atoms with Gasteiger partial charge < -0.3 is 4.74 Å². The lowest BCUT2D eigenvalue weighted by Crippen LogP contribution is -1.95. The number of Topliss-reactive ketones (excluding diaryl/α,β-unsaturated/α-hetero) is 1. The molecule has 0 aromatic heterocycles. The Morgan fingerprint density at radius 3 is 2.38 bits per heavy atom. The van der Waals surface area contributed by atoms with Crippen LogP contribution in [0.2, 0.25) is 10.0 Å². The van der Waals surface area contributed by atoms with Crippen LogP contribution in [0.15, 0.2) is 12.1 Å². The number of halogens is 2. The van der Waals surface area contributed by atoms with Gasteiger partial charge in [-0.2, -0.15) is 0 Å². The molecule has 0 radical (unpaired) electrons. The average molecular weight is 219 g/mol. The molecular formula is C9H8Cl2O2. The molecule has 4 heteroatoms. The van der Waals surface area contributed by atoms with Gasteiger partial charge in [0.1, 0.15) is 5.75 Å². The predicted octanol–water partition coefficient (Wildman–Crippen LogP) is 3.20. The van der Waals surface area contributed by atoms with Gasteiger partial charge in [0.05, 0.1) is 17.2 Å². The molecule has 0 N–H and O–H groups in total. The van der Waals surface area contributed by atoms with Crippen molar-refractivity contribution in [2.24, 2.45) is 0 Å². The Labute approximate surface area is 86.4 Å². The summed E-state index contributed by atoms with van der Waals surface area (Å²) in [5, 5.41) is 0.746. The van der Waals surface area contributed by atoms with Crippen LogP contribution in [0.1, 0.15) is 17.3 Å². The van der Waals surface area contributed by atoms with Gasteiger partial charge in [0.15, 0.2) is 5.78 Å². The molecule has 0 aliphatic carbocycles. The molecule has 0 spiro atoms. The van der Waals surface area contributed by atoms with Crippen molar-refractivity contribution in [3.05, 3.63) is 27.7 Å². The molecular weight excluding hydrogens is 211 g/mol. The molecule has 1 aromatic rings. The minimum absolute atomic E-state index is 0.111. The molecule has 0 aliphatic rings. The molecule has 1 aromatic carbocycles. The number of carbonyl (C=O) groups is 1. The van der Waals surface area contributed by atoms with Crippen LogP contribution in [-0.4, -0.2) is 12.9 Å². The van der Waals surface area contributed by atoms with Gasteiger partial charge in [-0.3, -0.25) is 4.79 Å². The second-order valence-corrected chi connectivity index (χ2v) is 3.34. The van der Waals surface area contributed by atoms with E-state index in [-0.39, 0.29) is 5.78 Å². The van der Waals surface area contributed by atoms with Crippen LogP contribution in [0.3, 0.4) is 0 Å². The van der Waals surface area contributed by atoms with Crippen LogP contribution in [0.4, 0.5) is 0 Å². The first-order valence-corrected chi connectivity index (χ1v) is 4.36. The normalized spacial score (nSPS) is 9.85. The number of hydrogen-bond acceptors (Lipinski definition) is 2. The largest absolute Gasteiger partial charge is 0.495 e. The summed E-state index contributed by atoms with van der Waals surface area (Å²) >= 11 is 11.6. The van der Waals surface area contributed by atoms with E-state index in [1.807, 2.05) is 0 Å². The topological polar surface area (TPSA) is 26.3 Å². The number of hydrogen-bond donors (Lipinski definition) is 0. The fraction of sp³-hybridized carbons (Fsp3) is 0.222. The third-order valence-corrected chi connectivity index (χ3v) is 2.23.